The van der Waals surface area contributed by atoms with Crippen LogP contribution in [-0.4, -0.2) is 42.3 Å². The summed E-state index contributed by atoms with van der Waals surface area (Å²) in [4.78, 5) is 45.2. The van der Waals surface area contributed by atoms with Crippen molar-refractivity contribution in [2.75, 3.05) is 23.9 Å². The number of amides is 3. The molecule has 10 heteroatoms. The van der Waals surface area contributed by atoms with Crippen LogP contribution in [0.5, 0.6) is 5.75 Å². The number of nitrogens with one attached hydrogen (secondary N) is 1. The van der Waals surface area contributed by atoms with E-state index in [4.69, 9.17) is 39.5 Å². The van der Waals surface area contributed by atoms with Crippen molar-refractivity contribution in [2.24, 2.45) is 17.3 Å². The van der Waals surface area contributed by atoms with Crippen molar-refractivity contribution >= 4 is 63.9 Å². The number of ether oxygens (including phenoxy) is 1. The van der Waals surface area contributed by atoms with E-state index in [1.165, 1.54) is 7.11 Å². The van der Waals surface area contributed by atoms with Crippen LogP contribution < -0.4 is 15.0 Å². The molecule has 35 heavy (non-hydrogen) atoms. The van der Waals surface area contributed by atoms with Crippen LogP contribution in [-0.2, 0) is 19.9 Å². The summed E-state index contributed by atoms with van der Waals surface area (Å²) in [7, 11) is 1.48. The third-order valence-corrected chi connectivity index (χ3v) is 8.56. The number of nitrogens with zero attached hydrogens (tertiary/aromatic N) is 2. The molecule has 1 N–H and O–H groups in total. The Balaban J connectivity index is 1.58. The second-order valence-electron chi connectivity index (χ2n) is 10.5. The standard InChI is InChI=1S/C25H22Cl3N3O4/c1-24(2)9-17-18-19(22(33)31(21(18)32)13-4-11(26)5-14(8-13)35-3)25(30(17)10-24)15-6-12(27)7-16(28)20(15)29-23(25)34/h4-8,17-19H,9-10H2,1-3H3,(H,29,34). The summed E-state index contributed by atoms with van der Waals surface area (Å²) in [5.41, 5.74) is -0.253. The van der Waals surface area contributed by atoms with Gasteiger partial charge in [0.15, 0.2) is 0 Å². The summed E-state index contributed by atoms with van der Waals surface area (Å²) in [6.07, 6.45) is 0.665. The molecule has 6 rings (SSSR count). The predicted octanol–water partition coefficient (Wildman–Crippen LogP) is 4.72. The molecule has 2 aromatic rings. The van der Waals surface area contributed by atoms with Crippen LogP contribution in [0.1, 0.15) is 25.8 Å². The molecule has 0 bridgehead atoms. The topological polar surface area (TPSA) is 79.0 Å². The molecular formula is C25H22Cl3N3O4. The Hall–Kier alpha value is -2.32. The van der Waals surface area contributed by atoms with Crippen LogP contribution in [0.15, 0.2) is 30.3 Å². The molecule has 182 valence electrons. The fourth-order valence-electron chi connectivity index (χ4n) is 6.70. The molecule has 4 unspecified atom stereocenters. The zero-order chi connectivity index (χ0) is 25.0. The van der Waals surface area contributed by atoms with Crippen molar-refractivity contribution in [3.8, 4) is 5.75 Å². The molecular weight excluding hydrogens is 513 g/mol. The Morgan fingerprint density at radius 3 is 2.43 bits per heavy atom. The number of fused-ring (bicyclic) bond motifs is 7. The van der Waals surface area contributed by atoms with E-state index in [0.717, 1.165) is 4.90 Å². The van der Waals surface area contributed by atoms with Crippen LogP contribution >= 0.6 is 34.8 Å². The van der Waals surface area contributed by atoms with Crippen LogP contribution in [0.25, 0.3) is 0 Å². The summed E-state index contributed by atoms with van der Waals surface area (Å²) in [6.45, 7) is 4.76. The van der Waals surface area contributed by atoms with Gasteiger partial charge in [0, 0.05) is 34.3 Å². The third-order valence-electron chi connectivity index (χ3n) is 7.83. The molecule has 7 nitrogen and oxygen atoms in total. The maximum atomic E-state index is 14.1. The Kier molecular flexibility index (Phi) is 4.85. The Morgan fingerprint density at radius 2 is 1.71 bits per heavy atom. The van der Waals surface area contributed by atoms with E-state index in [1.54, 1.807) is 30.3 Å². The van der Waals surface area contributed by atoms with Gasteiger partial charge < -0.3 is 10.1 Å². The molecule has 0 aliphatic carbocycles. The molecule has 0 aromatic heterocycles. The van der Waals surface area contributed by atoms with E-state index in [-0.39, 0.29) is 23.3 Å². The molecule has 4 aliphatic heterocycles. The Morgan fingerprint density at radius 1 is 1.00 bits per heavy atom. The van der Waals surface area contributed by atoms with Gasteiger partial charge in [-0.05, 0) is 36.1 Å². The molecule has 0 saturated carbocycles. The minimum absolute atomic E-state index is 0.163. The van der Waals surface area contributed by atoms with E-state index >= 15 is 0 Å². The maximum absolute atomic E-state index is 14.1. The van der Waals surface area contributed by atoms with Crippen molar-refractivity contribution in [3.63, 3.8) is 0 Å². The lowest BCUT2D eigenvalue weighted by atomic mass is 9.73. The van der Waals surface area contributed by atoms with Gasteiger partial charge in [0.1, 0.15) is 11.3 Å². The summed E-state index contributed by atoms with van der Waals surface area (Å²) in [5.74, 6) is -2.37. The summed E-state index contributed by atoms with van der Waals surface area (Å²) in [6, 6.07) is 7.71. The highest BCUT2D eigenvalue weighted by molar-refractivity contribution is 6.38. The monoisotopic (exact) mass is 533 g/mol. The van der Waals surface area contributed by atoms with Crippen molar-refractivity contribution in [1.29, 1.82) is 0 Å². The highest BCUT2D eigenvalue weighted by Crippen LogP contribution is 2.63. The zero-order valence-electron chi connectivity index (χ0n) is 19.2. The first kappa shape index (κ1) is 23.1. The zero-order valence-corrected chi connectivity index (χ0v) is 21.5. The van der Waals surface area contributed by atoms with E-state index in [1.807, 2.05) is 4.90 Å². The van der Waals surface area contributed by atoms with Gasteiger partial charge in [0.05, 0.1) is 35.3 Å². The number of methoxy groups -OCH3 is 1. The fraction of sp³-hybridized carbons (Fsp3) is 0.400. The van der Waals surface area contributed by atoms with Gasteiger partial charge in [-0.2, -0.15) is 0 Å². The first-order chi connectivity index (χ1) is 16.5. The van der Waals surface area contributed by atoms with Crippen LogP contribution in [0.3, 0.4) is 0 Å². The number of anilines is 2. The highest BCUT2D eigenvalue weighted by atomic mass is 35.5. The minimum atomic E-state index is -1.39. The van der Waals surface area contributed by atoms with Crippen molar-refractivity contribution in [2.45, 2.75) is 31.8 Å². The van der Waals surface area contributed by atoms with Gasteiger partial charge in [0.25, 0.3) is 5.91 Å². The van der Waals surface area contributed by atoms with Crippen LogP contribution in [0.2, 0.25) is 15.1 Å². The first-order valence-electron chi connectivity index (χ1n) is 11.3. The van der Waals surface area contributed by atoms with E-state index in [9.17, 15) is 14.4 Å². The van der Waals surface area contributed by atoms with Gasteiger partial charge in [0.2, 0.25) is 11.8 Å². The lowest BCUT2D eigenvalue weighted by Gasteiger charge is -2.37. The predicted molar refractivity (Wildman–Crippen MR) is 133 cm³/mol. The first-order valence-corrected chi connectivity index (χ1v) is 12.4. The number of imide groups is 1. The second-order valence-corrected chi connectivity index (χ2v) is 11.7. The lowest BCUT2D eigenvalue weighted by Crippen LogP contribution is -2.54. The average Bonchev–Trinajstić information content (AvgIpc) is 3.41. The summed E-state index contributed by atoms with van der Waals surface area (Å²) >= 11 is 19.1. The molecule has 2 aromatic carbocycles. The van der Waals surface area contributed by atoms with Gasteiger partial charge in [-0.3, -0.25) is 19.3 Å². The van der Waals surface area contributed by atoms with Gasteiger partial charge in [-0.15, -0.1) is 0 Å². The molecule has 4 heterocycles. The van der Waals surface area contributed by atoms with Crippen molar-refractivity contribution in [3.05, 3.63) is 51.0 Å². The number of carbonyl (C=O) groups is 3. The fourth-order valence-corrected chi connectivity index (χ4v) is 7.46. The lowest BCUT2D eigenvalue weighted by molar-refractivity contribution is -0.135. The van der Waals surface area contributed by atoms with Gasteiger partial charge in [-0.1, -0.05) is 48.7 Å². The maximum Gasteiger partial charge on any atom is 0.250 e. The number of rotatable bonds is 2. The number of hydrogen-bond acceptors (Lipinski definition) is 5. The highest BCUT2D eigenvalue weighted by Gasteiger charge is 2.76. The molecule has 3 saturated heterocycles. The number of halogens is 3. The summed E-state index contributed by atoms with van der Waals surface area (Å²) in [5, 5.41) is 3.89. The van der Waals surface area contributed by atoms with E-state index in [0.29, 0.717) is 50.7 Å². The Labute approximate surface area is 217 Å². The quantitative estimate of drug-likeness (QED) is 0.564. The van der Waals surface area contributed by atoms with Gasteiger partial charge in [-0.25, -0.2) is 4.90 Å². The minimum Gasteiger partial charge on any atom is -0.497 e. The molecule has 3 amide bonds. The second kappa shape index (κ2) is 7.35. The smallest absolute Gasteiger partial charge is 0.250 e. The molecule has 4 atom stereocenters. The molecule has 0 radical (unpaired) electrons. The van der Waals surface area contributed by atoms with Crippen molar-refractivity contribution in [1.82, 2.24) is 4.90 Å². The van der Waals surface area contributed by atoms with Crippen LogP contribution in [0, 0.1) is 17.3 Å². The molecule has 1 spiro atoms. The number of carbonyl (C=O) groups excluding carboxylic acids is 3. The van der Waals surface area contributed by atoms with E-state index in [2.05, 4.69) is 19.2 Å². The SMILES string of the molecule is COc1cc(Cl)cc(N2C(=O)C3C4CC(C)(C)CN4C4(C(=O)Nc5c(Cl)cc(Cl)cc54)C3C2=O)c1. The van der Waals surface area contributed by atoms with Crippen molar-refractivity contribution < 1.29 is 19.1 Å². The summed E-state index contributed by atoms with van der Waals surface area (Å²) < 4.78 is 5.30. The van der Waals surface area contributed by atoms with Gasteiger partial charge >= 0.3 is 0 Å². The molecule has 3 fully saturated rings. The number of benzene rings is 2. The van der Waals surface area contributed by atoms with E-state index < -0.39 is 23.3 Å². The third kappa shape index (κ3) is 2.92. The average molecular weight is 535 g/mol. The normalized spacial score (nSPS) is 30.6. The Bertz CT molecular complexity index is 1350. The number of hydrogen-bond donors (Lipinski definition) is 1. The van der Waals surface area contributed by atoms with Crippen LogP contribution in [0.4, 0.5) is 11.4 Å². The largest absolute Gasteiger partial charge is 0.497 e. The molecule has 4 aliphatic rings.